The first-order valence-electron chi connectivity index (χ1n) is 21.0. The minimum atomic E-state index is 0.403. The monoisotopic (exact) mass is 733 g/mol. The predicted molar refractivity (Wildman–Crippen MR) is 240 cm³/mol. The number of hydrogen-bond donors (Lipinski definition) is 0. The molecule has 0 saturated heterocycles. The SMILES string of the molecule is c1ccc(-c2ccc(N(c3ccc(-c4ccccc4)cc3)c3ccc(-c4ccc5ccccc5c4-c4ccc(C56CC7CC(CC(C7)C5)C6)cc4)cc3)cc2)cc1. The molecule has 0 spiro atoms. The number of benzene rings is 8. The van der Waals surface area contributed by atoms with Crippen LogP contribution in [0.4, 0.5) is 17.1 Å². The quantitative estimate of drug-likeness (QED) is 0.150. The van der Waals surface area contributed by atoms with Crippen molar-refractivity contribution >= 4 is 27.8 Å². The average molecular weight is 734 g/mol. The molecule has 0 radical (unpaired) electrons. The average Bonchev–Trinajstić information content (AvgIpc) is 3.27. The zero-order valence-electron chi connectivity index (χ0n) is 32.4. The maximum absolute atomic E-state index is 2.50. The van der Waals surface area contributed by atoms with Gasteiger partial charge in [0.05, 0.1) is 0 Å². The maximum atomic E-state index is 2.50. The second kappa shape index (κ2) is 14.1. The van der Waals surface area contributed by atoms with E-state index in [0.717, 1.165) is 34.8 Å². The number of nitrogens with zero attached hydrogens (tertiary/aromatic N) is 1. The Morgan fingerprint density at radius 3 is 1.28 bits per heavy atom. The van der Waals surface area contributed by atoms with E-state index >= 15 is 0 Å². The number of anilines is 3. The van der Waals surface area contributed by atoms with Gasteiger partial charge >= 0.3 is 0 Å². The van der Waals surface area contributed by atoms with E-state index in [1.807, 2.05) is 0 Å². The Kier molecular flexibility index (Phi) is 8.43. The molecule has 57 heavy (non-hydrogen) atoms. The molecule has 0 N–H and O–H groups in total. The highest BCUT2D eigenvalue weighted by atomic mass is 15.1. The summed E-state index contributed by atoms with van der Waals surface area (Å²) in [7, 11) is 0. The summed E-state index contributed by atoms with van der Waals surface area (Å²) in [4.78, 5) is 2.37. The Morgan fingerprint density at radius 2 is 0.772 bits per heavy atom. The van der Waals surface area contributed by atoms with Crippen LogP contribution in [0.25, 0.3) is 55.3 Å². The summed E-state index contributed by atoms with van der Waals surface area (Å²) in [6, 6.07) is 71.8. The van der Waals surface area contributed by atoms with Gasteiger partial charge in [0.1, 0.15) is 0 Å². The zero-order chi connectivity index (χ0) is 37.8. The summed E-state index contributed by atoms with van der Waals surface area (Å²) in [5.41, 5.74) is 15.4. The van der Waals surface area contributed by atoms with E-state index in [1.54, 1.807) is 5.56 Å². The molecule has 0 atom stereocenters. The van der Waals surface area contributed by atoms with Crippen molar-refractivity contribution in [3.8, 4) is 44.5 Å². The smallest absolute Gasteiger partial charge is 0.0462 e. The van der Waals surface area contributed by atoms with Crippen LogP contribution in [0.5, 0.6) is 0 Å². The van der Waals surface area contributed by atoms with Crippen LogP contribution in [-0.4, -0.2) is 0 Å². The first kappa shape index (κ1) is 34.1. The van der Waals surface area contributed by atoms with E-state index in [0.29, 0.717) is 5.41 Å². The fourth-order valence-electron chi connectivity index (χ4n) is 11.4. The lowest BCUT2D eigenvalue weighted by atomic mass is 9.48. The van der Waals surface area contributed by atoms with Gasteiger partial charge in [-0.1, -0.05) is 158 Å². The van der Waals surface area contributed by atoms with Crippen molar-refractivity contribution in [2.75, 3.05) is 4.90 Å². The summed E-state index contributed by atoms with van der Waals surface area (Å²) < 4.78 is 0. The van der Waals surface area contributed by atoms with Gasteiger partial charge in [-0.25, -0.2) is 0 Å². The van der Waals surface area contributed by atoms with Gasteiger partial charge in [0, 0.05) is 17.1 Å². The number of rotatable bonds is 8. The third-order valence-corrected chi connectivity index (χ3v) is 13.7. The van der Waals surface area contributed by atoms with Gasteiger partial charge < -0.3 is 4.90 Å². The van der Waals surface area contributed by atoms with Crippen molar-refractivity contribution in [2.24, 2.45) is 17.8 Å². The molecular formula is C56H47N. The molecule has 4 aliphatic rings. The number of hydrogen-bond acceptors (Lipinski definition) is 1. The van der Waals surface area contributed by atoms with E-state index in [2.05, 4.69) is 199 Å². The highest BCUT2D eigenvalue weighted by Gasteiger charge is 2.51. The van der Waals surface area contributed by atoms with Crippen molar-refractivity contribution in [2.45, 2.75) is 43.9 Å². The molecule has 4 saturated carbocycles. The third-order valence-electron chi connectivity index (χ3n) is 13.7. The standard InChI is InChI=1S/C56H47N/c1-3-9-42(10-4-1)44-17-26-50(27-18-44)57(51-28-19-45(20-29-51)43-11-5-2-6-12-43)52-30-21-47(22-31-52)54-32-23-46-13-7-8-14-53(46)55(54)48-15-24-49(25-16-48)56-36-39-33-40(37-56)35-41(34-39)38-56/h1-32,39-41H,33-38H2. The minimum Gasteiger partial charge on any atom is -0.311 e. The summed E-state index contributed by atoms with van der Waals surface area (Å²) >= 11 is 0. The zero-order valence-corrected chi connectivity index (χ0v) is 32.4. The molecule has 276 valence electrons. The molecule has 4 fully saturated rings. The lowest BCUT2D eigenvalue weighted by Gasteiger charge is -2.57. The normalized spacial score (nSPS) is 20.8. The predicted octanol–water partition coefficient (Wildman–Crippen LogP) is 15.4. The molecular weight excluding hydrogens is 687 g/mol. The molecule has 0 aromatic heterocycles. The molecule has 4 bridgehead atoms. The molecule has 8 aromatic rings. The van der Waals surface area contributed by atoms with Gasteiger partial charge in [-0.05, 0) is 159 Å². The second-order valence-electron chi connectivity index (χ2n) is 17.2. The van der Waals surface area contributed by atoms with Crippen LogP contribution in [-0.2, 0) is 5.41 Å². The van der Waals surface area contributed by atoms with Crippen molar-refractivity contribution in [3.63, 3.8) is 0 Å². The fraction of sp³-hybridized carbons (Fsp3) is 0.179. The van der Waals surface area contributed by atoms with Crippen LogP contribution < -0.4 is 4.90 Å². The van der Waals surface area contributed by atoms with Crippen molar-refractivity contribution in [1.29, 1.82) is 0 Å². The summed E-state index contributed by atoms with van der Waals surface area (Å²) in [6.45, 7) is 0. The molecule has 4 aliphatic carbocycles. The van der Waals surface area contributed by atoms with Gasteiger partial charge in [0.2, 0.25) is 0 Å². The molecule has 0 heterocycles. The van der Waals surface area contributed by atoms with Crippen LogP contribution >= 0.6 is 0 Å². The summed E-state index contributed by atoms with van der Waals surface area (Å²) in [6.07, 6.45) is 8.64. The maximum Gasteiger partial charge on any atom is 0.0462 e. The molecule has 1 heteroatoms. The van der Waals surface area contributed by atoms with E-state index in [1.165, 1.54) is 93.8 Å². The minimum absolute atomic E-state index is 0.403. The topological polar surface area (TPSA) is 3.24 Å². The van der Waals surface area contributed by atoms with Crippen LogP contribution in [0.3, 0.4) is 0 Å². The Hall–Kier alpha value is -6.18. The lowest BCUT2D eigenvalue weighted by molar-refractivity contribution is -0.00518. The summed E-state index contributed by atoms with van der Waals surface area (Å²) in [5, 5.41) is 2.59. The first-order valence-corrected chi connectivity index (χ1v) is 21.0. The molecule has 8 aromatic carbocycles. The molecule has 12 rings (SSSR count). The van der Waals surface area contributed by atoms with E-state index in [9.17, 15) is 0 Å². The second-order valence-corrected chi connectivity index (χ2v) is 17.2. The van der Waals surface area contributed by atoms with Crippen LogP contribution in [0, 0.1) is 17.8 Å². The van der Waals surface area contributed by atoms with E-state index in [4.69, 9.17) is 0 Å². The fourth-order valence-corrected chi connectivity index (χ4v) is 11.4. The lowest BCUT2D eigenvalue weighted by Crippen LogP contribution is -2.48. The molecule has 0 amide bonds. The van der Waals surface area contributed by atoms with E-state index in [-0.39, 0.29) is 0 Å². The highest BCUT2D eigenvalue weighted by Crippen LogP contribution is 2.61. The Morgan fingerprint density at radius 1 is 0.351 bits per heavy atom. The van der Waals surface area contributed by atoms with Crippen LogP contribution in [0.1, 0.15) is 44.1 Å². The first-order chi connectivity index (χ1) is 28.2. The molecule has 1 nitrogen and oxygen atoms in total. The Balaban J connectivity index is 0.965. The number of fused-ring (bicyclic) bond motifs is 1. The van der Waals surface area contributed by atoms with Gasteiger partial charge in [-0.15, -0.1) is 0 Å². The molecule has 0 aliphatic heterocycles. The molecule has 0 unspecified atom stereocenters. The highest BCUT2D eigenvalue weighted by molar-refractivity contribution is 6.04. The Bertz CT molecular complexity index is 2540. The van der Waals surface area contributed by atoms with Gasteiger partial charge in [-0.3, -0.25) is 0 Å². The van der Waals surface area contributed by atoms with Gasteiger partial charge in [0.15, 0.2) is 0 Å². The van der Waals surface area contributed by atoms with Gasteiger partial charge in [-0.2, -0.15) is 0 Å². The van der Waals surface area contributed by atoms with E-state index < -0.39 is 0 Å². The van der Waals surface area contributed by atoms with Crippen LogP contribution in [0.15, 0.2) is 194 Å². The van der Waals surface area contributed by atoms with Crippen molar-refractivity contribution in [3.05, 3.63) is 200 Å². The van der Waals surface area contributed by atoms with Crippen molar-refractivity contribution < 1.29 is 0 Å². The van der Waals surface area contributed by atoms with Crippen LogP contribution in [0.2, 0.25) is 0 Å². The van der Waals surface area contributed by atoms with Gasteiger partial charge in [0.25, 0.3) is 0 Å². The third kappa shape index (κ3) is 6.27. The van der Waals surface area contributed by atoms with Crippen molar-refractivity contribution in [1.82, 2.24) is 0 Å². The largest absolute Gasteiger partial charge is 0.311 e. The summed E-state index contributed by atoms with van der Waals surface area (Å²) in [5.74, 6) is 2.84. The Labute approximate surface area is 337 Å².